The van der Waals surface area contributed by atoms with Crippen LogP contribution in [-0.4, -0.2) is 30.8 Å². The van der Waals surface area contributed by atoms with Gasteiger partial charge in [-0.1, -0.05) is 6.92 Å². The number of anilines is 1. The maximum Gasteiger partial charge on any atom is 0.573 e. The zero-order valence-electron chi connectivity index (χ0n) is 11.1. The van der Waals surface area contributed by atoms with Gasteiger partial charge in [0.15, 0.2) is 0 Å². The van der Waals surface area contributed by atoms with Gasteiger partial charge in [0.2, 0.25) is 11.8 Å². The summed E-state index contributed by atoms with van der Waals surface area (Å²) in [4.78, 5) is 24.9. The average Bonchev–Trinajstić information content (AvgIpc) is 2.40. The highest BCUT2D eigenvalue weighted by molar-refractivity contribution is 6.06. The number of benzene rings is 1. The third kappa shape index (κ3) is 3.45. The van der Waals surface area contributed by atoms with E-state index >= 15 is 0 Å². The Morgan fingerprint density at radius 2 is 1.90 bits per heavy atom. The van der Waals surface area contributed by atoms with Gasteiger partial charge in [-0.3, -0.25) is 14.5 Å². The number of alkyl halides is 3. The molecule has 114 valence electrons. The van der Waals surface area contributed by atoms with Crippen LogP contribution in [0.4, 0.5) is 18.9 Å². The second-order valence-corrected chi connectivity index (χ2v) is 4.45. The van der Waals surface area contributed by atoms with Gasteiger partial charge in [0.1, 0.15) is 11.8 Å². The molecule has 5 nitrogen and oxygen atoms in total. The standard InChI is InChI=1S/C13H13F3N2O3/c1-2-10-12(20)17-7-11(19)18(10)8-3-5-9(6-4-8)21-13(14,15)16/h3-6,10H,2,7H2,1H3,(H,17,20). The number of nitrogens with zero attached hydrogens (tertiary/aromatic N) is 1. The second-order valence-electron chi connectivity index (χ2n) is 4.45. The van der Waals surface area contributed by atoms with Crippen LogP contribution in [0.15, 0.2) is 24.3 Å². The Hall–Kier alpha value is -2.25. The van der Waals surface area contributed by atoms with Crippen LogP contribution in [0.25, 0.3) is 0 Å². The molecule has 0 aromatic heterocycles. The molecule has 1 saturated heterocycles. The third-order valence-corrected chi connectivity index (χ3v) is 3.03. The van der Waals surface area contributed by atoms with Crippen LogP contribution in [0.5, 0.6) is 5.75 Å². The fraction of sp³-hybridized carbons (Fsp3) is 0.385. The Bertz CT molecular complexity index is 543. The number of piperazine rings is 1. The number of carbonyl (C=O) groups is 2. The Morgan fingerprint density at radius 1 is 1.29 bits per heavy atom. The first-order valence-corrected chi connectivity index (χ1v) is 6.27. The SMILES string of the molecule is CCC1C(=O)NCC(=O)N1c1ccc(OC(F)(F)F)cc1. The molecule has 1 unspecified atom stereocenters. The predicted molar refractivity (Wildman–Crippen MR) is 67.7 cm³/mol. The number of ether oxygens (including phenoxy) is 1. The van der Waals surface area contributed by atoms with E-state index in [2.05, 4.69) is 10.1 Å². The van der Waals surface area contributed by atoms with Crippen molar-refractivity contribution in [2.45, 2.75) is 25.7 Å². The zero-order chi connectivity index (χ0) is 15.6. The molecule has 2 rings (SSSR count). The maximum atomic E-state index is 12.1. The average molecular weight is 302 g/mol. The summed E-state index contributed by atoms with van der Waals surface area (Å²) in [6, 6.07) is 4.19. The van der Waals surface area contributed by atoms with Gasteiger partial charge in [-0.2, -0.15) is 0 Å². The van der Waals surface area contributed by atoms with Crippen LogP contribution in [0.2, 0.25) is 0 Å². The second kappa shape index (κ2) is 5.63. The molecule has 1 aliphatic heterocycles. The van der Waals surface area contributed by atoms with Crippen molar-refractivity contribution >= 4 is 17.5 Å². The maximum absolute atomic E-state index is 12.1. The lowest BCUT2D eigenvalue weighted by Gasteiger charge is -2.34. The minimum Gasteiger partial charge on any atom is -0.406 e. The van der Waals surface area contributed by atoms with E-state index in [1.807, 2.05) is 0 Å². The van der Waals surface area contributed by atoms with E-state index in [-0.39, 0.29) is 24.1 Å². The summed E-state index contributed by atoms with van der Waals surface area (Å²) < 4.78 is 40.0. The van der Waals surface area contributed by atoms with Gasteiger partial charge in [-0.05, 0) is 30.7 Å². The van der Waals surface area contributed by atoms with E-state index in [1.165, 1.54) is 17.0 Å². The van der Waals surface area contributed by atoms with Gasteiger partial charge >= 0.3 is 6.36 Å². The van der Waals surface area contributed by atoms with Crippen LogP contribution in [0.1, 0.15) is 13.3 Å². The first kappa shape index (κ1) is 15.1. The molecule has 1 N–H and O–H groups in total. The summed E-state index contributed by atoms with van der Waals surface area (Å²) in [5, 5.41) is 2.47. The number of halogens is 3. The van der Waals surface area contributed by atoms with E-state index < -0.39 is 12.4 Å². The number of carbonyl (C=O) groups excluding carboxylic acids is 2. The van der Waals surface area contributed by atoms with E-state index in [0.29, 0.717) is 12.1 Å². The lowest BCUT2D eigenvalue weighted by atomic mass is 10.1. The van der Waals surface area contributed by atoms with Crippen molar-refractivity contribution in [2.24, 2.45) is 0 Å². The molecule has 2 amide bonds. The molecule has 1 aromatic carbocycles. The van der Waals surface area contributed by atoms with Gasteiger partial charge < -0.3 is 10.1 Å². The van der Waals surface area contributed by atoms with Crippen molar-refractivity contribution in [3.8, 4) is 5.75 Å². The van der Waals surface area contributed by atoms with Gasteiger partial charge in [-0.15, -0.1) is 13.2 Å². The molecule has 1 atom stereocenters. The molecule has 8 heteroatoms. The van der Waals surface area contributed by atoms with Crippen molar-refractivity contribution in [3.05, 3.63) is 24.3 Å². The number of hydrogen-bond acceptors (Lipinski definition) is 3. The first-order valence-electron chi connectivity index (χ1n) is 6.27. The Morgan fingerprint density at radius 3 is 2.43 bits per heavy atom. The molecule has 21 heavy (non-hydrogen) atoms. The van der Waals surface area contributed by atoms with Crippen LogP contribution in [0, 0.1) is 0 Å². The monoisotopic (exact) mass is 302 g/mol. The lowest BCUT2D eigenvalue weighted by Crippen LogP contribution is -2.58. The Labute approximate surface area is 118 Å². The zero-order valence-corrected chi connectivity index (χ0v) is 11.1. The summed E-state index contributed by atoms with van der Waals surface area (Å²) in [6.07, 6.45) is -4.37. The number of amides is 2. The highest BCUT2D eigenvalue weighted by Crippen LogP contribution is 2.27. The van der Waals surface area contributed by atoms with Gasteiger partial charge in [0.05, 0.1) is 6.54 Å². The van der Waals surface area contributed by atoms with E-state index in [9.17, 15) is 22.8 Å². The smallest absolute Gasteiger partial charge is 0.406 e. The number of hydrogen-bond donors (Lipinski definition) is 1. The van der Waals surface area contributed by atoms with Gasteiger partial charge in [0.25, 0.3) is 0 Å². The molecule has 1 aromatic rings. The molecule has 0 spiro atoms. The highest BCUT2D eigenvalue weighted by Gasteiger charge is 2.34. The highest BCUT2D eigenvalue weighted by atomic mass is 19.4. The summed E-state index contributed by atoms with van der Waals surface area (Å²) >= 11 is 0. The third-order valence-electron chi connectivity index (χ3n) is 3.03. The van der Waals surface area contributed by atoms with Crippen LogP contribution >= 0.6 is 0 Å². The minimum absolute atomic E-state index is 0.129. The van der Waals surface area contributed by atoms with Crippen molar-refractivity contribution in [3.63, 3.8) is 0 Å². The van der Waals surface area contributed by atoms with Gasteiger partial charge in [-0.25, -0.2) is 0 Å². The lowest BCUT2D eigenvalue weighted by molar-refractivity contribution is -0.274. The van der Waals surface area contributed by atoms with Crippen molar-refractivity contribution in [2.75, 3.05) is 11.4 Å². The molecule has 1 fully saturated rings. The predicted octanol–water partition coefficient (Wildman–Crippen LogP) is 1.83. The van der Waals surface area contributed by atoms with E-state index in [0.717, 1.165) is 12.1 Å². The van der Waals surface area contributed by atoms with E-state index in [1.54, 1.807) is 6.92 Å². The summed E-state index contributed by atoms with van der Waals surface area (Å²) in [5.74, 6) is -0.980. The van der Waals surface area contributed by atoms with Crippen molar-refractivity contribution in [1.82, 2.24) is 5.32 Å². The number of nitrogens with one attached hydrogen (secondary N) is 1. The van der Waals surface area contributed by atoms with Crippen molar-refractivity contribution in [1.29, 1.82) is 0 Å². The molecule has 1 heterocycles. The summed E-state index contributed by atoms with van der Waals surface area (Å²) in [7, 11) is 0. The van der Waals surface area contributed by atoms with Gasteiger partial charge in [0, 0.05) is 5.69 Å². The van der Waals surface area contributed by atoms with Crippen LogP contribution < -0.4 is 15.0 Å². The quantitative estimate of drug-likeness (QED) is 0.926. The molecular weight excluding hydrogens is 289 g/mol. The van der Waals surface area contributed by atoms with E-state index in [4.69, 9.17) is 0 Å². The first-order chi connectivity index (χ1) is 9.81. The van der Waals surface area contributed by atoms with Crippen LogP contribution in [0.3, 0.4) is 0 Å². The fourth-order valence-corrected chi connectivity index (χ4v) is 2.16. The number of rotatable bonds is 3. The normalized spacial score (nSPS) is 19.4. The fourth-order valence-electron chi connectivity index (χ4n) is 2.16. The Kier molecular flexibility index (Phi) is 4.06. The Balaban J connectivity index is 2.23. The van der Waals surface area contributed by atoms with Crippen molar-refractivity contribution < 1.29 is 27.5 Å². The summed E-state index contributed by atoms with van der Waals surface area (Å²) in [5.41, 5.74) is 0.358. The molecular formula is C13H13F3N2O3. The molecule has 0 bridgehead atoms. The molecule has 0 radical (unpaired) electrons. The summed E-state index contributed by atoms with van der Waals surface area (Å²) in [6.45, 7) is 1.62. The van der Waals surface area contributed by atoms with Crippen LogP contribution in [-0.2, 0) is 9.59 Å². The molecule has 1 aliphatic rings. The molecule has 0 saturated carbocycles. The topological polar surface area (TPSA) is 58.6 Å². The largest absolute Gasteiger partial charge is 0.573 e. The minimum atomic E-state index is -4.77. The molecule has 0 aliphatic carbocycles.